The second-order valence-electron chi connectivity index (χ2n) is 9.48. The summed E-state index contributed by atoms with van der Waals surface area (Å²) in [5.41, 5.74) is -1.06. The summed E-state index contributed by atoms with van der Waals surface area (Å²) in [6, 6.07) is 0. The van der Waals surface area contributed by atoms with Crippen molar-refractivity contribution in [2.24, 2.45) is 0 Å². The summed E-state index contributed by atoms with van der Waals surface area (Å²) in [5, 5.41) is 12.7. The molecule has 0 aromatic carbocycles. The summed E-state index contributed by atoms with van der Waals surface area (Å²) in [6.45, 7) is 5.96. The lowest BCUT2D eigenvalue weighted by Gasteiger charge is -2.24. The molecule has 3 nitrogen and oxygen atoms in total. The standard InChI is InChI=1S/C28H53NO2/c1-4-6-7-8-9-10-11-12-13-14-15-16-17-18-19-20-21-22-23-24-25-27(30)29-28(3,31)26-5-2/h31H,4-15,18-26H2,1-3H3,(H,29,30). The minimum atomic E-state index is -1.06. The van der Waals surface area contributed by atoms with Crippen molar-refractivity contribution in [2.45, 2.75) is 161 Å². The highest BCUT2D eigenvalue weighted by Gasteiger charge is 2.20. The van der Waals surface area contributed by atoms with Crippen molar-refractivity contribution >= 4 is 5.91 Å². The molecule has 31 heavy (non-hydrogen) atoms. The number of unbranched alkanes of at least 4 members (excludes halogenated alkanes) is 16. The van der Waals surface area contributed by atoms with Crippen molar-refractivity contribution in [3.05, 3.63) is 0 Å². The third-order valence-electron chi connectivity index (χ3n) is 5.88. The summed E-state index contributed by atoms with van der Waals surface area (Å²) in [4.78, 5) is 11.8. The number of aliphatic hydroxyl groups is 1. The topological polar surface area (TPSA) is 49.3 Å². The number of rotatable bonds is 21. The van der Waals surface area contributed by atoms with Crippen LogP contribution in [0.3, 0.4) is 0 Å². The van der Waals surface area contributed by atoms with Crippen LogP contribution in [0.5, 0.6) is 0 Å². The molecule has 0 saturated carbocycles. The van der Waals surface area contributed by atoms with E-state index in [-0.39, 0.29) is 5.91 Å². The predicted molar refractivity (Wildman–Crippen MR) is 135 cm³/mol. The zero-order valence-corrected chi connectivity index (χ0v) is 21.2. The normalized spacial score (nSPS) is 12.8. The maximum atomic E-state index is 11.8. The molecule has 0 saturated heterocycles. The maximum Gasteiger partial charge on any atom is 0.222 e. The molecule has 1 unspecified atom stereocenters. The number of nitrogens with one attached hydrogen (secondary N) is 1. The van der Waals surface area contributed by atoms with Gasteiger partial charge in [-0.2, -0.15) is 0 Å². The molecule has 1 amide bonds. The highest BCUT2D eigenvalue weighted by atomic mass is 16.3. The first-order valence-corrected chi connectivity index (χ1v) is 13.5. The summed E-state index contributed by atoms with van der Waals surface area (Å²) in [5.74, 6) is 6.65. The van der Waals surface area contributed by atoms with E-state index in [1.54, 1.807) is 6.92 Å². The highest BCUT2D eigenvalue weighted by molar-refractivity contribution is 5.76. The summed E-state index contributed by atoms with van der Waals surface area (Å²) >= 11 is 0. The Bertz CT molecular complexity index is 461. The van der Waals surface area contributed by atoms with Crippen LogP contribution in [-0.2, 0) is 4.79 Å². The largest absolute Gasteiger partial charge is 0.371 e. The molecule has 1 atom stereocenters. The fourth-order valence-electron chi connectivity index (χ4n) is 4.00. The van der Waals surface area contributed by atoms with Gasteiger partial charge in [0.1, 0.15) is 5.72 Å². The van der Waals surface area contributed by atoms with Crippen molar-refractivity contribution in [3.63, 3.8) is 0 Å². The molecule has 0 radical (unpaired) electrons. The van der Waals surface area contributed by atoms with E-state index in [1.165, 1.54) is 89.9 Å². The zero-order chi connectivity index (χ0) is 23.0. The van der Waals surface area contributed by atoms with Gasteiger partial charge in [0.05, 0.1) is 0 Å². The van der Waals surface area contributed by atoms with Gasteiger partial charge in [-0.3, -0.25) is 4.79 Å². The minimum Gasteiger partial charge on any atom is -0.371 e. The van der Waals surface area contributed by atoms with Gasteiger partial charge in [-0.25, -0.2) is 0 Å². The van der Waals surface area contributed by atoms with Crippen LogP contribution in [0.15, 0.2) is 0 Å². The Morgan fingerprint density at radius 1 is 0.677 bits per heavy atom. The lowest BCUT2D eigenvalue weighted by Crippen LogP contribution is -2.45. The highest BCUT2D eigenvalue weighted by Crippen LogP contribution is 2.12. The van der Waals surface area contributed by atoms with Gasteiger partial charge in [0, 0.05) is 19.3 Å². The average Bonchev–Trinajstić information content (AvgIpc) is 2.71. The van der Waals surface area contributed by atoms with Gasteiger partial charge < -0.3 is 10.4 Å². The molecule has 0 bridgehead atoms. The SMILES string of the molecule is CCCCCCCCCCCCC#CCCCCCCCCC(=O)NC(C)(O)CCC. The van der Waals surface area contributed by atoms with Crippen LogP contribution in [0, 0.1) is 11.8 Å². The molecule has 2 N–H and O–H groups in total. The lowest BCUT2D eigenvalue weighted by molar-refractivity contribution is -0.128. The Kier molecular flexibility index (Phi) is 21.5. The Balaban J connectivity index is 3.31. The molecule has 0 rings (SSSR count). The van der Waals surface area contributed by atoms with Crippen LogP contribution in [0.2, 0.25) is 0 Å². The number of amides is 1. The van der Waals surface area contributed by atoms with Gasteiger partial charge >= 0.3 is 0 Å². The van der Waals surface area contributed by atoms with E-state index in [1.807, 2.05) is 6.92 Å². The van der Waals surface area contributed by atoms with Crippen LogP contribution in [0.25, 0.3) is 0 Å². The molecule has 3 heteroatoms. The van der Waals surface area contributed by atoms with Crippen LogP contribution in [0.4, 0.5) is 0 Å². The van der Waals surface area contributed by atoms with Gasteiger partial charge in [0.15, 0.2) is 0 Å². The van der Waals surface area contributed by atoms with Crippen molar-refractivity contribution < 1.29 is 9.90 Å². The van der Waals surface area contributed by atoms with Gasteiger partial charge in [-0.1, -0.05) is 104 Å². The molecular weight excluding hydrogens is 382 g/mol. The molecule has 0 aliphatic rings. The summed E-state index contributed by atoms with van der Waals surface area (Å²) in [7, 11) is 0. The second-order valence-corrected chi connectivity index (χ2v) is 9.48. The fourth-order valence-corrected chi connectivity index (χ4v) is 4.00. The number of hydrogen-bond donors (Lipinski definition) is 2. The molecule has 0 aliphatic carbocycles. The molecule has 0 heterocycles. The molecule has 0 fully saturated rings. The van der Waals surface area contributed by atoms with Gasteiger partial charge in [0.25, 0.3) is 0 Å². The molecular formula is C28H53NO2. The maximum absolute atomic E-state index is 11.8. The average molecular weight is 436 g/mol. The van der Waals surface area contributed by atoms with Crippen molar-refractivity contribution in [3.8, 4) is 11.8 Å². The predicted octanol–water partition coefficient (Wildman–Crippen LogP) is 8.05. The zero-order valence-electron chi connectivity index (χ0n) is 21.2. The van der Waals surface area contributed by atoms with E-state index in [9.17, 15) is 9.90 Å². The van der Waals surface area contributed by atoms with E-state index in [2.05, 4.69) is 24.1 Å². The van der Waals surface area contributed by atoms with E-state index in [0.717, 1.165) is 32.1 Å². The summed E-state index contributed by atoms with van der Waals surface area (Å²) < 4.78 is 0. The Morgan fingerprint density at radius 2 is 1.10 bits per heavy atom. The third kappa shape index (κ3) is 23.5. The molecule has 182 valence electrons. The first kappa shape index (κ1) is 30.0. The van der Waals surface area contributed by atoms with Crippen LogP contribution in [0.1, 0.15) is 156 Å². The molecule has 0 aromatic heterocycles. The number of carbonyl (C=O) groups excluding carboxylic acids is 1. The smallest absolute Gasteiger partial charge is 0.222 e. The van der Waals surface area contributed by atoms with Crippen molar-refractivity contribution in [2.75, 3.05) is 0 Å². The van der Waals surface area contributed by atoms with E-state index in [4.69, 9.17) is 0 Å². The second kappa shape index (κ2) is 22.2. The van der Waals surface area contributed by atoms with E-state index < -0.39 is 5.72 Å². The lowest BCUT2D eigenvalue weighted by atomic mass is 10.1. The number of hydrogen-bond acceptors (Lipinski definition) is 2. The Morgan fingerprint density at radius 3 is 1.55 bits per heavy atom. The Labute approximate surface area is 194 Å². The minimum absolute atomic E-state index is 0.0314. The van der Waals surface area contributed by atoms with Gasteiger partial charge in [-0.05, 0) is 32.6 Å². The van der Waals surface area contributed by atoms with Crippen LogP contribution in [-0.4, -0.2) is 16.7 Å². The fraction of sp³-hybridized carbons (Fsp3) is 0.893. The van der Waals surface area contributed by atoms with Crippen molar-refractivity contribution in [1.82, 2.24) is 5.32 Å². The van der Waals surface area contributed by atoms with Gasteiger partial charge in [0.2, 0.25) is 5.91 Å². The molecule has 0 aromatic rings. The first-order valence-electron chi connectivity index (χ1n) is 13.5. The van der Waals surface area contributed by atoms with E-state index in [0.29, 0.717) is 12.8 Å². The monoisotopic (exact) mass is 435 g/mol. The Hall–Kier alpha value is -1.01. The van der Waals surface area contributed by atoms with Crippen LogP contribution < -0.4 is 5.32 Å². The first-order chi connectivity index (χ1) is 15.0. The third-order valence-corrected chi connectivity index (χ3v) is 5.88. The number of carbonyl (C=O) groups is 1. The van der Waals surface area contributed by atoms with Crippen LogP contribution >= 0.6 is 0 Å². The van der Waals surface area contributed by atoms with E-state index >= 15 is 0 Å². The van der Waals surface area contributed by atoms with Gasteiger partial charge in [-0.15, -0.1) is 11.8 Å². The quantitative estimate of drug-likeness (QED) is 0.109. The molecule has 0 spiro atoms. The molecule has 0 aliphatic heterocycles. The summed E-state index contributed by atoms with van der Waals surface area (Å²) in [6.07, 6.45) is 24.8. The van der Waals surface area contributed by atoms with Crippen molar-refractivity contribution in [1.29, 1.82) is 0 Å².